The Labute approximate surface area is 65.8 Å². The van der Waals surface area contributed by atoms with Crippen LogP contribution < -0.4 is 11.3 Å². The van der Waals surface area contributed by atoms with Gasteiger partial charge in [0.2, 0.25) is 0 Å². The van der Waals surface area contributed by atoms with Crippen molar-refractivity contribution in [1.82, 2.24) is 5.43 Å². The number of hydrogen-bond donors (Lipinski definition) is 3. The first-order valence-electron chi connectivity index (χ1n) is 3.50. The highest BCUT2D eigenvalue weighted by molar-refractivity contribution is 5.18. The molecular weight excluding hydrogens is 140 g/mol. The maximum absolute atomic E-state index is 8.84. The fourth-order valence-corrected chi connectivity index (χ4v) is 0.940. The van der Waals surface area contributed by atoms with Crippen molar-refractivity contribution in [3.8, 4) is 0 Å². The van der Waals surface area contributed by atoms with Crippen LogP contribution in [0.4, 0.5) is 0 Å². The quantitative estimate of drug-likeness (QED) is 0.428. The molecule has 0 aromatic heterocycles. The number of nitrogens with one attached hydrogen (secondary N) is 1. The lowest BCUT2D eigenvalue weighted by molar-refractivity contribution is 0.246. The summed E-state index contributed by atoms with van der Waals surface area (Å²) in [6, 6.07) is 9.43. The van der Waals surface area contributed by atoms with E-state index in [4.69, 9.17) is 10.9 Å². The first-order chi connectivity index (χ1) is 5.38. The van der Waals surface area contributed by atoms with Crippen LogP contribution in [0.2, 0.25) is 0 Å². The van der Waals surface area contributed by atoms with Crippen molar-refractivity contribution in [3.05, 3.63) is 35.9 Å². The molecule has 4 N–H and O–H groups in total. The number of rotatable bonds is 3. The molecule has 1 atom stereocenters. The van der Waals surface area contributed by atoms with Crippen molar-refractivity contribution in [2.24, 2.45) is 5.84 Å². The van der Waals surface area contributed by atoms with Crippen LogP contribution >= 0.6 is 0 Å². The third kappa shape index (κ3) is 2.01. The van der Waals surface area contributed by atoms with Gasteiger partial charge in [0, 0.05) is 0 Å². The lowest BCUT2D eigenvalue weighted by atomic mass is 10.1. The van der Waals surface area contributed by atoms with Gasteiger partial charge >= 0.3 is 0 Å². The third-order valence-corrected chi connectivity index (χ3v) is 1.59. The van der Waals surface area contributed by atoms with Crippen LogP contribution in [0.5, 0.6) is 0 Å². The van der Waals surface area contributed by atoms with Crippen molar-refractivity contribution in [2.75, 3.05) is 6.61 Å². The molecule has 0 aliphatic rings. The molecule has 3 heteroatoms. The Hall–Kier alpha value is -0.900. The van der Waals surface area contributed by atoms with Crippen molar-refractivity contribution < 1.29 is 5.11 Å². The van der Waals surface area contributed by atoms with Crippen LogP contribution in [0.3, 0.4) is 0 Å². The molecule has 0 spiro atoms. The van der Waals surface area contributed by atoms with Crippen molar-refractivity contribution >= 4 is 0 Å². The van der Waals surface area contributed by atoms with E-state index in [0.29, 0.717) is 0 Å². The molecule has 60 valence electrons. The SMILES string of the molecule is NNC(CO)c1ccccc1. The third-order valence-electron chi connectivity index (χ3n) is 1.59. The summed E-state index contributed by atoms with van der Waals surface area (Å²) in [6.45, 7) is 0.0144. The van der Waals surface area contributed by atoms with E-state index in [1.54, 1.807) is 0 Å². The number of aliphatic hydroxyl groups is 1. The Morgan fingerprint density at radius 2 is 2.00 bits per heavy atom. The average molecular weight is 152 g/mol. The van der Waals surface area contributed by atoms with Gasteiger partial charge in [0.1, 0.15) is 0 Å². The van der Waals surface area contributed by atoms with Crippen molar-refractivity contribution in [2.45, 2.75) is 6.04 Å². The van der Waals surface area contributed by atoms with Crippen LogP contribution in [0, 0.1) is 0 Å². The molecule has 0 saturated heterocycles. The van der Waals surface area contributed by atoms with Gasteiger partial charge < -0.3 is 5.11 Å². The molecule has 0 aliphatic carbocycles. The molecule has 0 aliphatic heterocycles. The fraction of sp³-hybridized carbons (Fsp3) is 0.250. The molecule has 1 rings (SSSR count). The smallest absolute Gasteiger partial charge is 0.0691 e. The van der Waals surface area contributed by atoms with Crippen LogP contribution in [0.15, 0.2) is 30.3 Å². The number of nitrogens with two attached hydrogens (primary N) is 1. The first-order valence-corrected chi connectivity index (χ1v) is 3.50. The Morgan fingerprint density at radius 1 is 1.36 bits per heavy atom. The molecule has 11 heavy (non-hydrogen) atoms. The minimum atomic E-state index is -0.156. The van der Waals surface area contributed by atoms with Gasteiger partial charge in [-0.25, -0.2) is 0 Å². The topological polar surface area (TPSA) is 58.3 Å². The van der Waals surface area contributed by atoms with Crippen LogP contribution in [0.1, 0.15) is 11.6 Å². The standard InChI is InChI=1S/C8H12N2O/c9-10-8(6-11)7-4-2-1-3-5-7/h1-5,8,10-11H,6,9H2. The highest BCUT2D eigenvalue weighted by atomic mass is 16.3. The Balaban J connectivity index is 2.74. The van der Waals surface area contributed by atoms with Crippen molar-refractivity contribution in [1.29, 1.82) is 0 Å². The summed E-state index contributed by atoms with van der Waals surface area (Å²) in [5.74, 6) is 5.21. The largest absolute Gasteiger partial charge is 0.394 e. The zero-order chi connectivity index (χ0) is 8.10. The van der Waals surface area contributed by atoms with Gasteiger partial charge in [0.15, 0.2) is 0 Å². The zero-order valence-corrected chi connectivity index (χ0v) is 6.20. The van der Waals surface area contributed by atoms with E-state index in [9.17, 15) is 0 Å². The van der Waals surface area contributed by atoms with E-state index in [1.165, 1.54) is 0 Å². The molecule has 0 radical (unpaired) electrons. The minimum absolute atomic E-state index is 0.0144. The summed E-state index contributed by atoms with van der Waals surface area (Å²) in [4.78, 5) is 0. The second-order valence-electron chi connectivity index (χ2n) is 2.31. The van der Waals surface area contributed by atoms with Crippen LogP contribution in [0.25, 0.3) is 0 Å². The Kier molecular flexibility index (Phi) is 3.04. The molecule has 1 aromatic carbocycles. The number of hydrazine groups is 1. The molecule has 0 fully saturated rings. The van der Waals surface area contributed by atoms with E-state index in [1.807, 2.05) is 30.3 Å². The van der Waals surface area contributed by atoms with Gasteiger partial charge in [0.05, 0.1) is 12.6 Å². The lowest BCUT2D eigenvalue weighted by Crippen LogP contribution is -2.30. The summed E-state index contributed by atoms with van der Waals surface area (Å²) in [5.41, 5.74) is 3.52. The lowest BCUT2D eigenvalue weighted by Gasteiger charge is -2.11. The summed E-state index contributed by atoms with van der Waals surface area (Å²) in [7, 11) is 0. The number of benzene rings is 1. The summed E-state index contributed by atoms with van der Waals surface area (Å²) < 4.78 is 0. The molecule has 0 bridgehead atoms. The normalized spacial score (nSPS) is 12.9. The van der Waals surface area contributed by atoms with Crippen LogP contribution in [-0.2, 0) is 0 Å². The van der Waals surface area contributed by atoms with Gasteiger partial charge in [-0.05, 0) is 5.56 Å². The highest BCUT2D eigenvalue weighted by Crippen LogP contribution is 2.09. The monoisotopic (exact) mass is 152 g/mol. The molecule has 0 amide bonds. The fourth-order valence-electron chi connectivity index (χ4n) is 0.940. The molecule has 1 unspecified atom stereocenters. The minimum Gasteiger partial charge on any atom is -0.394 e. The average Bonchev–Trinajstić information content (AvgIpc) is 2.09. The predicted octanol–water partition coefficient (Wildman–Crippen LogP) is 0.183. The second-order valence-corrected chi connectivity index (χ2v) is 2.31. The van der Waals surface area contributed by atoms with Gasteiger partial charge in [-0.15, -0.1) is 0 Å². The Bertz CT molecular complexity index is 197. The Morgan fingerprint density at radius 3 is 2.45 bits per heavy atom. The van der Waals surface area contributed by atoms with Gasteiger partial charge in [0.25, 0.3) is 0 Å². The second kappa shape index (κ2) is 4.08. The predicted molar refractivity (Wildman–Crippen MR) is 43.6 cm³/mol. The summed E-state index contributed by atoms with van der Waals surface area (Å²) in [5, 5.41) is 8.84. The van der Waals surface area contributed by atoms with E-state index in [2.05, 4.69) is 5.43 Å². The maximum atomic E-state index is 8.84. The molecule has 3 nitrogen and oxygen atoms in total. The van der Waals surface area contributed by atoms with Gasteiger partial charge in [-0.2, -0.15) is 0 Å². The van der Waals surface area contributed by atoms with Crippen LogP contribution in [-0.4, -0.2) is 11.7 Å². The molecule has 1 aromatic rings. The number of hydrogen-bond acceptors (Lipinski definition) is 3. The van der Waals surface area contributed by atoms with E-state index >= 15 is 0 Å². The van der Waals surface area contributed by atoms with E-state index in [0.717, 1.165) is 5.56 Å². The van der Waals surface area contributed by atoms with Gasteiger partial charge in [-0.3, -0.25) is 11.3 Å². The molecular formula is C8H12N2O. The number of aliphatic hydroxyl groups excluding tert-OH is 1. The van der Waals surface area contributed by atoms with Gasteiger partial charge in [-0.1, -0.05) is 30.3 Å². The van der Waals surface area contributed by atoms with Crippen molar-refractivity contribution in [3.63, 3.8) is 0 Å². The molecule has 0 heterocycles. The summed E-state index contributed by atoms with van der Waals surface area (Å²) in [6.07, 6.45) is 0. The van der Waals surface area contributed by atoms with E-state index in [-0.39, 0.29) is 12.6 Å². The van der Waals surface area contributed by atoms with E-state index < -0.39 is 0 Å². The molecule has 0 saturated carbocycles. The zero-order valence-electron chi connectivity index (χ0n) is 6.20. The first kappa shape index (κ1) is 8.20. The summed E-state index contributed by atoms with van der Waals surface area (Å²) >= 11 is 0. The maximum Gasteiger partial charge on any atom is 0.0691 e. The highest BCUT2D eigenvalue weighted by Gasteiger charge is 2.05.